The van der Waals surface area contributed by atoms with Crippen LogP contribution in [0.3, 0.4) is 0 Å². The molecule has 1 heterocycles. The Bertz CT molecular complexity index is 677. The topological polar surface area (TPSA) is 62.0 Å². The molecule has 1 aromatic carbocycles. The van der Waals surface area contributed by atoms with Crippen molar-refractivity contribution < 1.29 is 9.18 Å². The number of rotatable bonds is 4. The molecule has 0 radical (unpaired) electrons. The van der Waals surface area contributed by atoms with Crippen molar-refractivity contribution in [3.63, 3.8) is 0 Å². The first kappa shape index (κ1) is 15.0. The van der Waals surface area contributed by atoms with Gasteiger partial charge in [-0.2, -0.15) is 0 Å². The first-order valence-electron chi connectivity index (χ1n) is 6.73. The molecule has 0 saturated heterocycles. The third-order valence-electron chi connectivity index (χ3n) is 3.20. The lowest BCUT2D eigenvalue weighted by Gasteiger charge is -2.22. The maximum absolute atomic E-state index is 13.0. The molecule has 1 atom stereocenters. The van der Waals surface area contributed by atoms with Crippen molar-refractivity contribution in [1.82, 2.24) is 10.3 Å². The molecule has 1 aromatic heterocycles. The number of H-pyrrole nitrogens is 1. The first-order chi connectivity index (χ1) is 9.97. The number of aromatic amines is 1. The van der Waals surface area contributed by atoms with E-state index >= 15 is 0 Å². The molecule has 0 aliphatic rings. The van der Waals surface area contributed by atoms with Gasteiger partial charge in [0.25, 0.3) is 5.91 Å². The van der Waals surface area contributed by atoms with Gasteiger partial charge < -0.3 is 10.3 Å². The zero-order chi connectivity index (χ0) is 15.4. The first-order valence-corrected chi connectivity index (χ1v) is 6.73. The highest BCUT2D eigenvalue weighted by Crippen LogP contribution is 2.22. The Kier molecular flexibility index (Phi) is 4.52. The number of amides is 1. The molecular formula is C16H17FN2O2. The van der Waals surface area contributed by atoms with Crippen molar-refractivity contribution in [1.29, 1.82) is 0 Å². The van der Waals surface area contributed by atoms with E-state index in [1.165, 1.54) is 24.3 Å². The zero-order valence-electron chi connectivity index (χ0n) is 11.9. The number of nitrogens with one attached hydrogen (secondary N) is 2. The minimum atomic E-state index is -0.365. The zero-order valence-corrected chi connectivity index (χ0v) is 11.9. The maximum Gasteiger partial charge on any atom is 0.268 e. The Morgan fingerprint density at radius 2 is 1.81 bits per heavy atom. The van der Waals surface area contributed by atoms with Gasteiger partial charge in [0.1, 0.15) is 11.5 Å². The smallest absolute Gasteiger partial charge is 0.268 e. The van der Waals surface area contributed by atoms with Gasteiger partial charge >= 0.3 is 0 Å². The quantitative estimate of drug-likeness (QED) is 0.908. The molecule has 21 heavy (non-hydrogen) atoms. The van der Waals surface area contributed by atoms with Crippen molar-refractivity contribution in [2.45, 2.75) is 19.9 Å². The fourth-order valence-corrected chi connectivity index (χ4v) is 2.10. The van der Waals surface area contributed by atoms with Crippen LogP contribution in [0.5, 0.6) is 0 Å². The van der Waals surface area contributed by atoms with Crippen LogP contribution in [0.25, 0.3) is 0 Å². The lowest BCUT2D eigenvalue weighted by Crippen LogP contribution is -2.33. The highest BCUT2D eigenvalue weighted by Gasteiger charge is 2.19. The van der Waals surface area contributed by atoms with E-state index in [2.05, 4.69) is 10.3 Å². The van der Waals surface area contributed by atoms with Crippen LogP contribution in [0.1, 0.15) is 35.9 Å². The Labute approximate surface area is 122 Å². The van der Waals surface area contributed by atoms with Crippen molar-refractivity contribution in [3.05, 3.63) is 69.9 Å². The highest BCUT2D eigenvalue weighted by molar-refractivity contribution is 5.92. The number of hydrogen-bond donors (Lipinski definition) is 2. The van der Waals surface area contributed by atoms with Crippen LogP contribution in [0.2, 0.25) is 0 Å². The monoisotopic (exact) mass is 288 g/mol. The molecule has 1 amide bonds. The summed E-state index contributed by atoms with van der Waals surface area (Å²) < 4.78 is 13.0. The molecule has 2 aromatic rings. The molecule has 0 fully saturated rings. The van der Waals surface area contributed by atoms with Gasteiger partial charge in [0.05, 0.1) is 6.04 Å². The van der Waals surface area contributed by atoms with Gasteiger partial charge in [-0.25, -0.2) is 4.39 Å². The number of benzene rings is 1. The molecule has 0 aliphatic carbocycles. The minimum Gasteiger partial charge on any atom is -0.344 e. The molecule has 4 nitrogen and oxygen atoms in total. The number of halogens is 1. The molecule has 5 heteroatoms. The molecule has 2 rings (SSSR count). The van der Waals surface area contributed by atoms with Gasteiger partial charge in [-0.15, -0.1) is 0 Å². The van der Waals surface area contributed by atoms with E-state index in [0.717, 1.165) is 5.56 Å². The Balaban J connectivity index is 2.22. The van der Waals surface area contributed by atoms with Gasteiger partial charge in [0.15, 0.2) is 0 Å². The number of aromatic nitrogens is 1. The summed E-state index contributed by atoms with van der Waals surface area (Å²) in [7, 11) is 0. The number of hydrogen-bond acceptors (Lipinski definition) is 2. The molecule has 0 spiro atoms. The second-order valence-electron chi connectivity index (χ2n) is 5.18. The summed E-state index contributed by atoms with van der Waals surface area (Å²) in [5.74, 6) is -0.564. The van der Waals surface area contributed by atoms with E-state index in [1.54, 1.807) is 18.2 Å². The van der Waals surface area contributed by atoms with Crippen LogP contribution < -0.4 is 10.9 Å². The summed E-state index contributed by atoms with van der Waals surface area (Å²) in [5, 5.41) is 2.86. The standard InChI is InChI=1S/C16H17FN2O2/c1-10(2)15(11-6-8-12(17)9-7-11)19-16(21)13-4-3-5-14(20)18-13/h3-10,15H,1-2H3,(H,18,20)(H,19,21). The van der Waals surface area contributed by atoms with E-state index in [4.69, 9.17) is 0 Å². The summed E-state index contributed by atoms with van der Waals surface area (Å²) >= 11 is 0. The maximum atomic E-state index is 13.0. The molecule has 110 valence electrons. The summed E-state index contributed by atoms with van der Waals surface area (Å²) in [5.41, 5.74) is 0.693. The number of carbonyl (C=O) groups is 1. The minimum absolute atomic E-state index is 0.120. The van der Waals surface area contributed by atoms with Crippen molar-refractivity contribution in [2.24, 2.45) is 5.92 Å². The molecule has 1 unspecified atom stereocenters. The normalized spacial score (nSPS) is 12.2. The summed E-state index contributed by atoms with van der Waals surface area (Å²) in [6.45, 7) is 3.92. The van der Waals surface area contributed by atoms with Crippen molar-refractivity contribution >= 4 is 5.91 Å². The lowest BCUT2D eigenvalue weighted by molar-refractivity contribution is 0.0920. The van der Waals surface area contributed by atoms with E-state index in [-0.39, 0.29) is 34.9 Å². The van der Waals surface area contributed by atoms with Gasteiger partial charge in [-0.3, -0.25) is 9.59 Å². The van der Waals surface area contributed by atoms with Crippen molar-refractivity contribution in [2.75, 3.05) is 0 Å². The number of pyridine rings is 1. The largest absolute Gasteiger partial charge is 0.344 e. The molecular weight excluding hydrogens is 271 g/mol. The molecule has 2 N–H and O–H groups in total. The van der Waals surface area contributed by atoms with Gasteiger partial charge in [-0.05, 0) is 29.7 Å². The van der Waals surface area contributed by atoms with Crippen LogP contribution in [0.4, 0.5) is 4.39 Å². The Morgan fingerprint density at radius 3 is 2.38 bits per heavy atom. The van der Waals surface area contributed by atoms with E-state index < -0.39 is 0 Å². The van der Waals surface area contributed by atoms with Crippen LogP contribution >= 0.6 is 0 Å². The predicted molar refractivity (Wildman–Crippen MR) is 78.5 cm³/mol. The highest BCUT2D eigenvalue weighted by atomic mass is 19.1. The van der Waals surface area contributed by atoms with Crippen LogP contribution in [0, 0.1) is 11.7 Å². The third kappa shape index (κ3) is 3.78. The van der Waals surface area contributed by atoms with Crippen LogP contribution in [-0.4, -0.2) is 10.9 Å². The average molecular weight is 288 g/mol. The Hall–Kier alpha value is -2.43. The second kappa shape index (κ2) is 6.35. The third-order valence-corrected chi connectivity index (χ3v) is 3.20. The van der Waals surface area contributed by atoms with Crippen LogP contribution in [-0.2, 0) is 0 Å². The van der Waals surface area contributed by atoms with Gasteiger partial charge in [0.2, 0.25) is 5.56 Å². The van der Waals surface area contributed by atoms with E-state index in [9.17, 15) is 14.0 Å². The summed E-state index contributed by atoms with van der Waals surface area (Å²) in [4.78, 5) is 25.9. The van der Waals surface area contributed by atoms with E-state index in [0.29, 0.717) is 0 Å². The molecule has 0 saturated carbocycles. The average Bonchev–Trinajstić information content (AvgIpc) is 2.45. The summed E-state index contributed by atoms with van der Waals surface area (Å²) in [6, 6.07) is 10.2. The lowest BCUT2D eigenvalue weighted by atomic mass is 9.96. The Morgan fingerprint density at radius 1 is 1.14 bits per heavy atom. The van der Waals surface area contributed by atoms with E-state index in [1.807, 2.05) is 13.8 Å². The summed E-state index contributed by atoms with van der Waals surface area (Å²) in [6.07, 6.45) is 0. The van der Waals surface area contributed by atoms with Crippen molar-refractivity contribution in [3.8, 4) is 0 Å². The fourth-order valence-electron chi connectivity index (χ4n) is 2.10. The van der Waals surface area contributed by atoms with Crippen LogP contribution in [0.15, 0.2) is 47.3 Å². The van der Waals surface area contributed by atoms with Gasteiger partial charge in [0, 0.05) is 6.07 Å². The SMILES string of the molecule is CC(C)C(NC(=O)c1cccc(=O)[nH]1)c1ccc(F)cc1. The number of carbonyl (C=O) groups excluding carboxylic acids is 1. The molecule has 0 bridgehead atoms. The molecule has 0 aliphatic heterocycles. The fraction of sp³-hybridized carbons (Fsp3) is 0.250. The second-order valence-corrected chi connectivity index (χ2v) is 5.18. The predicted octanol–water partition coefficient (Wildman–Crippen LogP) is 2.64. The van der Waals surface area contributed by atoms with Gasteiger partial charge in [-0.1, -0.05) is 32.0 Å².